The molecule has 0 aliphatic rings. The summed E-state index contributed by atoms with van der Waals surface area (Å²) in [7, 11) is 0. The summed E-state index contributed by atoms with van der Waals surface area (Å²) in [6, 6.07) is 11.8. The van der Waals surface area contributed by atoms with E-state index >= 15 is 0 Å². The number of ether oxygens (including phenoxy) is 1. The molecule has 0 heterocycles. The average molecular weight is 320 g/mol. The van der Waals surface area contributed by atoms with Crippen molar-refractivity contribution < 1.29 is 4.74 Å². The monoisotopic (exact) mass is 319 g/mol. The lowest BCUT2D eigenvalue weighted by molar-refractivity contribution is 0.371. The molecule has 0 bridgehead atoms. The zero-order chi connectivity index (χ0) is 15.2. The van der Waals surface area contributed by atoms with E-state index in [1.54, 1.807) is 0 Å². The molecule has 21 heavy (non-hydrogen) atoms. The molecule has 0 amide bonds. The van der Waals surface area contributed by atoms with E-state index < -0.39 is 0 Å². The Hall–Kier alpha value is -1.82. The van der Waals surface area contributed by atoms with Crippen LogP contribution in [0.25, 0.3) is 0 Å². The maximum Gasteiger partial charge on any atom is 0.157 e. The predicted octanol–water partition coefficient (Wildman–Crippen LogP) is 4.93. The number of rotatable bonds is 5. The van der Waals surface area contributed by atoms with E-state index in [1.165, 1.54) is 5.56 Å². The first kappa shape index (κ1) is 15.6. The van der Waals surface area contributed by atoms with Crippen LogP contribution in [-0.4, -0.2) is 6.61 Å². The maximum atomic E-state index is 6.17. The Bertz CT molecular complexity index is 636. The smallest absolute Gasteiger partial charge is 0.157 e. The zero-order valence-electron chi connectivity index (χ0n) is 11.6. The first-order valence-corrected chi connectivity index (χ1v) is 7.20. The Kier molecular flexibility index (Phi) is 5.38. The van der Waals surface area contributed by atoms with Crippen LogP contribution in [0.5, 0.6) is 5.75 Å². The summed E-state index contributed by atoms with van der Waals surface area (Å²) in [5.74, 6) is 2.81. The van der Waals surface area contributed by atoms with Crippen LogP contribution < -0.4 is 10.1 Å². The van der Waals surface area contributed by atoms with E-state index in [0.717, 1.165) is 11.3 Å². The molecule has 108 valence electrons. The molecular formula is C17H15Cl2NO. The van der Waals surface area contributed by atoms with Gasteiger partial charge in [-0.15, -0.1) is 6.42 Å². The van der Waals surface area contributed by atoms with Gasteiger partial charge in [0.25, 0.3) is 0 Å². The molecule has 2 rings (SSSR count). The summed E-state index contributed by atoms with van der Waals surface area (Å²) >= 11 is 12.3. The Morgan fingerprint density at radius 1 is 1.14 bits per heavy atom. The second-order valence-corrected chi connectivity index (χ2v) is 5.42. The highest BCUT2D eigenvalue weighted by Gasteiger charge is 2.09. The van der Waals surface area contributed by atoms with Crippen molar-refractivity contribution >= 4 is 28.9 Å². The average Bonchev–Trinajstić information content (AvgIpc) is 2.46. The van der Waals surface area contributed by atoms with Crippen molar-refractivity contribution in [3.63, 3.8) is 0 Å². The van der Waals surface area contributed by atoms with Gasteiger partial charge in [0.2, 0.25) is 0 Å². The normalized spacial score (nSPS) is 10.0. The van der Waals surface area contributed by atoms with Gasteiger partial charge < -0.3 is 10.1 Å². The highest BCUT2D eigenvalue weighted by molar-refractivity contribution is 6.37. The fraction of sp³-hybridized carbons (Fsp3) is 0.176. The lowest BCUT2D eigenvalue weighted by Crippen LogP contribution is -2.01. The van der Waals surface area contributed by atoms with E-state index in [-0.39, 0.29) is 6.61 Å². The Labute approximate surface area is 135 Å². The highest BCUT2D eigenvalue weighted by Crippen LogP contribution is 2.34. The Morgan fingerprint density at radius 2 is 1.76 bits per heavy atom. The first-order valence-electron chi connectivity index (χ1n) is 6.45. The first-order chi connectivity index (χ1) is 10.1. The molecule has 0 aliphatic heterocycles. The molecule has 0 fully saturated rings. The van der Waals surface area contributed by atoms with Gasteiger partial charge in [-0.2, -0.15) is 0 Å². The molecular weight excluding hydrogens is 305 g/mol. The van der Waals surface area contributed by atoms with Crippen molar-refractivity contribution in [2.75, 3.05) is 11.9 Å². The molecule has 0 radical (unpaired) electrons. The second-order valence-electron chi connectivity index (χ2n) is 4.60. The second kappa shape index (κ2) is 7.26. The van der Waals surface area contributed by atoms with Gasteiger partial charge in [0.1, 0.15) is 6.61 Å². The van der Waals surface area contributed by atoms with Gasteiger partial charge in [-0.3, -0.25) is 0 Å². The van der Waals surface area contributed by atoms with Crippen LogP contribution in [0.1, 0.15) is 11.1 Å². The van der Waals surface area contributed by atoms with Crippen LogP contribution in [0.3, 0.4) is 0 Å². The van der Waals surface area contributed by atoms with Crippen LogP contribution in [0.4, 0.5) is 5.69 Å². The number of terminal acetylenes is 1. The van der Waals surface area contributed by atoms with Crippen molar-refractivity contribution in [2.24, 2.45) is 0 Å². The summed E-state index contributed by atoms with van der Waals surface area (Å²) in [6.07, 6.45) is 5.16. The summed E-state index contributed by atoms with van der Waals surface area (Å²) in [5.41, 5.74) is 3.24. The van der Waals surface area contributed by atoms with Gasteiger partial charge in [0, 0.05) is 12.2 Å². The van der Waals surface area contributed by atoms with E-state index in [2.05, 4.69) is 30.3 Å². The van der Waals surface area contributed by atoms with E-state index in [0.29, 0.717) is 22.3 Å². The summed E-state index contributed by atoms with van der Waals surface area (Å²) < 4.78 is 5.33. The maximum absolute atomic E-state index is 6.17. The summed E-state index contributed by atoms with van der Waals surface area (Å²) in [5, 5.41) is 4.23. The fourth-order valence-corrected chi connectivity index (χ4v) is 2.48. The largest absolute Gasteiger partial charge is 0.478 e. The third kappa shape index (κ3) is 4.32. The van der Waals surface area contributed by atoms with E-state index in [9.17, 15) is 0 Å². The number of aryl methyl sites for hydroxylation is 1. The van der Waals surface area contributed by atoms with Crippen LogP contribution in [0.15, 0.2) is 36.4 Å². The minimum absolute atomic E-state index is 0.139. The quantitative estimate of drug-likeness (QED) is 0.789. The molecule has 0 atom stereocenters. The number of hydrogen-bond acceptors (Lipinski definition) is 2. The highest BCUT2D eigenvalue weighted by atomic mass is 35.5. The molecule has 0 unspecified atom stereocenters. The summed E-state index contributed by atoms with van der Waals surface area (Å²) in [6.45, 7) is 2.82. The Balaban J connectivity index is 2.07. The topological polar surface area (TPSA) is 21.3 Å². The van der Waals surface area contributed by atoms with Crippen molar-refractivity contribution in [3.05, 3.63) is 57.6 Å². The van der Waals surface area contributed by atoms with Gasteiger partial charge in [0.05, 0.1) is 10.0 Å². The molecule has 4 heteroatoms. The number of nitrogens with one attached hydrogen (secondary N) is 1. The van der Waals surface area contributed by atoms with Gasteiger partial charge in [0.15, 0.2) is 5.75 Å². The predicted molar refractivity (Wildman–Crippen MR) is 89.3 cm³/mol. The van der Waals surface area contributed by atoms with Crippen molar-refractivity contribution in [1.29, 1.82) is 0 Å². The van der Waals surface area contributed by atoms with Crippen molar-refractivity contribution in [3.8, 4) is 18.1 Å². The van der Waals surface area contributed by atoms with Crippen LogP contribution in [-0.2, 0) is 6.54 Å². The van der Waals surface area contributed by atoms with Crippen LogP contribution in [0.2, 0.25) is 10.0 Å². The minimum atomic E-state index is 0.139. The number of benzene rings is 2. The standard InChI is InChI=1S/C17H15Cl2NO/c1-3-8-21-17-15(18)9-13(10-16(17)19)11-20-14-6-4-12(2)5-7-14/h1,4-7,9-10,20H,8,11H2,2H3. The molecule has 0 saturated carbocycles. The van der Waals surface area contributed by atoms with Gasteiger partial charge in [-0.05, 0) is 36.8 Å². The third-order valence-electron chi connectivity index (χ3n) is 2.91. The SMILES string of the molecule is C#CCOc1c(Cl)cc(CNc2ccc(C)cc2)cc1Cl. The molecule has 0 spiro atoms. The molecule has 2 aromatic carbocycles. The van der Waals surface area contributed by atoms with Gasteiger partial charge in [-0.1, -0.05) is 46.8 Å². The van der Waals surface area contributed by atoms with E-state index in [4.69, 9.17) is 34.4 Å². The molecule has 2 aromatic rings. The van der Waals surface area contributed by atoms with Crippen molar-refractivity contribution in [2.45, 2.75) is 13.5 Å². The number of hydrogen-bond donors (Lipinski definition) is 1. The molecule has 1 N–H and O–H groups in total. The zero-order valence-corrected chi connectivity index (χ0v) is 13.1. The molecule has 0 saturated heterocycles. The molecule has 2 nitrogen and oxygen atoms in total. The Morgan fingerprint density at radius 3 is 2.33 bits per heavy atom. The van der Waals surface area contributed by atoms with Crippen molar-refractivity contribution in [1.82, 2.24) is 0 Å². The van der Waals surface area contributed by atoms with Crippen LogP contribution in [0, 0.1) is 19.3 Å². The number of anilines is 1. The lowest BCUT2D eigenvalue weighted by Gasteiger charge is -2.11. The van der Waals surface area contributed by atoms with E-state index in [1.807, 2.05) is 24.3 Å². The minimum Gasteiger partial charge on any atom is -0.478 e. The number of halogens is 2. The van der Waals surface area contributed by atoms with Gasteiger partial charge >= 0.3 is 0 Å². The van der Waals surface area contributed by atoms with Crippen LogP contribution >= 0.6 is 23.2 Å². The molecule has 0 aliphatic carbocycles. The third-order valence-corrected chi connectivity index (χ3v) is 3.47. The fourth-order valence-electron chi connectivity index (χ4n) is 1.84. The molecule has 0 aromatic heterocycles. The lowest BCUT2D eigenvalue weighted by atomic mass is 10.2. The van der Waals surface area contributed by atoms with Gasteiger partial charge in [-0.25, -0.2) is 0 Å². The summed E-state index contributed by atoms with van der Waals surface area (Å²) in [4.78, 5) is 0.